The first-order valence-electron chi connectivity index (χ1n) is 7.18. The fraction of sp³-hybridized carbons (Fsp3) is 0.583. The standard InChI is InChI=1S/C12H21N7O6/c1-4(21)8(9(15)23)17-12(24)16-6(2-7(14)22)11-18-10(19-25-11)5(13)3-20/h4-6,8,20-21H,2-3,13H2,1H3,(H2,14,22)(H2,15,23)(H2,16,17,24)/t4-,5+,6+,8+/m1/s1. The highest BCUT2D eigenvalue weighted by Gasteiger charge is 2.28. The topological polar surface area (TPSA) is 233 Å². The maximum atomic E-state index is 12.0. The summed E-state index contributed by atoms with van der Waals surface area (Å²) >= 11 is 0. The van der Waals surface area contributed by atoms with Gasteiger partial charge in [0.1, 0.15) is 12.1 Å². The molecular formula is C12H21N7O6. The number of urea groups is 1. The normalized spacial score (nSPS) is 15.7. The van der Waals surface area contributed by atoms with E-state index in [0.29, 0.717) is 0 Å². The highest BCUT2D eigenvalue weighted by Crippen LogP contribution is 2.16. The number of hydrogen-bond acceptors (Lipinski definition) is 9. The third-order valence-electron chi connectivity index (χ3n) is 3.07. The zero-order chi connectivity index (χ0) is 19.1. The Morgan fingerprint density at radius 1 is 1.28 bits per heavy atom. The second-order valence-electron chi connectivity index (χ2n) is 5.24. The van der Waals surface area contributed by atoms with Crippen LogP contribution in [-0.2, 0) is 9.59 Å². The van der Waals surface area contributed by atoms with E-state index in [4.69, 9.17) is 26.8 Å². The molecule has 10 N–H and O–H groups in total. The Hall–Kier alpha value is -2.77. The minimum absolute atomic E-state index is 0.0341. The van der Waals surface area contributed by atoms with Crippen LogP contribution in [0, 0.1) is 0 Å². The van der Waals surface area contributed by atoms with Crippen molar-refractivity contribution in [3.63, 3.8) is 0 Å². The minimum Gasteiger partial charge on any atom is -0.394 e. The van der Waals surface area contributed by atoms with Crippen LogP contribution in [0.25, 0.3) is 0 Å². The van der Waals surface area contributed by atoms with Gasteiger partial charge in [0.2, 0.25) is 17.7 Å². The van der Waals surface area contributed by atoms with Gasteiger partial charge in [-0.2, -0.15) is 4.98 Å². The Balaban J connectivity index is 2.89. The molecule has 140 valence electrons. The average molecular weight is 359 g/mol. The predicted molar refractivity (Wildman–Crippen MR) is 81.2 cm³/mol. The van der Waals surface area contributed by atoms with Gasteiger partial charge in [0.15, 0.2) is 5.82 Å². The van der Waals surface area contributed by atoms with Gasteiger partial charge in [-0.05, 0) is 6.92 Å². The van der Waals surface area contributed by atoms with Crippen molar-refractivity contribution in [2.45, 2.75) is 37.6 Å². The van der Waals surface area contributed by atoms with Crippen LogP contribution in [0.2, 0.25) is 0 Å². The quantitative estimate of drug-likeness (QED) is 0.231. The second-order valence-corrected chi connectivity index (χ2v) is 5.24. The molecule has 4 atom stereocenters. The van der Waals surface area contributed by atoms with E-state index < -0.39 is 48.7 Å². The van der Waals surface area contributed by atoms with Crippen molar-refractivity contribution in [2.24, 2.45) is 17.2 Å². The first kappa shape index (κ1) is 20.3. The van der Waals surface area contributed by atoms with Crippen molar-refractivity contribution >= 4 is 17.8 Å². The molecule has 1 aromatic rings. The molecule has 0 aliphatic rings. The lowest BCUT2D eigenvalue weighted by molar-refractivity contribution is -0.122. The molecule has 25 heavy (non-hydrogen) atoms. The highest BCUT2D eigenvalue weighted by atomic mass is 16.5. The molecular weight excluding hydrogens is 338 g/mol. The highest BCUT2D eigenvalue weighted by molar-refractivity contribution is 5.86. The molecule has 0 unspecified atom stereocenters. The van der Waals surface area contributed by atoms with Crippen molar-refractivity contribution in [3.8, 4) is 0 Å². The van der Waals surface area contributed by atoms with E-state index in [0.717, 1.165) is 0 Å². The van der Waals surface area contributed by atoms with Gasteiger partial charge in [-0.15, -0.1) is 0 Å². The van der Waals surface area contributed by atoms with E-state index in [1.54, 1.807) is 0 Å². The third-order valence-corrected chi connectivity index (χ3v) is 3.07. The van der Waals surface area contributed by atoms with Crippen LogP contribution in [0.4, 0.5) is 4.79 Å². The van der Waals surface area contributed by atoms with Crippen LogP contribution >= 0.6 is 0 Å². The monoisotopic (exact) mass is 359 g/mol. The van der Waals surface area contributed by atoms with Crippen LogP contribution < -0.4 is 27.8 Å². The SMILES string of the molecule is C[C@@H](O)[C@H](NC(=O)N[C@@H](CC(N)=O)c1nc([C@@H](N)CO)no1)C(N)=O. The van der Waals surface area contributed by atoms with Gasteiger partial charge in [0.25, 0.3) is 0 Å². The number of nitrogens with zero attached hydrogens (tertiary/aromatic N) is 2. The zero-order valence-corrected chi connectivity index (χ0v) is 13.4. The van der Waals surface area contributed by atoms with E-state index in [1.807, 2.05) is 0 Å². The van der Waals surface area contributed by atoms with E-state index in [1.165, 1.54) is 6.92 Å². The summed E-state index contributed by atoms with van der Waals surface area (Å²) in [5, 5.41) is 26.4. The number of aliphatic hydroxyl groups excluding tert-OH is 2. The van der Waals surface area contributed by atoms with Gasteiger partial charge in [-0.1, -0.05) is 5.16 Å². The van der Waals surface area contributed by atoms with Gasteiger partial charge in [-0.3, -0.25) is 9.59 Å². The van der Waals surface area contributed by atoms with Gasteiger partial charge >= 0.3 is 6.03 Å². The average Bonchev–Trinajstić information content (AvgIpc) is 3.00. The molecule has 0 radical (unpaired) electrons. The smallest absolute Gasteiger partial charge is 0.316 e. The van der Waals surface area contributed by atoms with Gasteiger partial charge in [0.05, 0.1) is 25.2 Å². The molecule has 0 bridgehead atoms. The summed E-state index contributed by atoms with van der Waals surface area (Å²) in [6, 6.07) is -4.31. The van der Waals surface area contributed by atoms with Gasteiger partial charge in [-0.25, -0.2) is 4.79 Å². The molecule has 0 saturated carbocycles. The summed E-state index contributed by atoms with van der Waals surface area (Å²) in [5.74, 6) is -1.95. The van der Waals surface area contributed by atoms with Crippen LogP contribution in [0.5, 0.6) is 0 Å². The number of amides is 4. The van der Waals surface area contributed by atoms with Crippen molar-refractivity contribution in [1.29, 1.82) is 0 Å². The van der Waals surface area contributed by atoms with Gasteiger partial charge in [0, 0.05) is 0 Å². The number of aromatic nitrogens is 2. The molecule has 0 spiro atoms. The number of carbonyl (C=O) groups excluding carboxylic acids is 3. The Kier molecular flexibility index (Phi) is 7.22. The molecule has 13 heteroatoms. The third kappa shape index (κ3) is 5.98. The lowest BCUT2D eigenvalue weighted by atomic mass is 10.1. The number of hydrogen-bond donors (Lipinski definition) is 7. The number of nitrogens with two attached hydrogens (primary N) is 3. The maximum Gasteiger partial charge on any atom is 0.316 e. The lowest BCUT2D eigenvalue weighted by Crippen LogP contribution is -2.54. The number of aliphatic hydroxyl groups is 2. The van der Waals surface area contributed by atoms with Crippen molar-refractivity contribution in [2.75, 3.05) is 6.61 Å². The number of primary amides is 2. The summed E-state index contributed by atoms with van der Waals surface area (Å²) in [6.45, 7) is 0.819. The summed E-state index contributed by atoms with van der Waals surface area (Å²) in [6.07, 6.45) is -1.63. The molecule has 0 aromatic carbocycles. The summed E-state index contributed by atoms with van der Waals surface area (Å²) in [4.78, 5) is 38.2. The predicted octanol–water partition coefficient (Wildman–Crippen LogP) is -3.49. The Morgan fingerprint density at radius 2 is 1.92 bits per heavy atom. The molecule has 0 aliphatic carbocycles. The molecule has 0 fully saturated rings. The molecule has 0 aliphatic heterocycles. The van der Waals surface area contributed by atoms with Crippen LogP contribution in [0.3, 0.4) is 0 Å². The molecule has 1 heterocycles. The van der Waals surface area contributed by atoms with E-state index in [9.17, 15) is 19.5 Å². The first-order chi connectivity index (χ1) is 11.6. The molecule has 1 rings (SSSR count). The number of rotatable bonds is 9. The van der Waals surface area contributed by atoms with Crippen molar-refractivity contribution in [1.82, 2.24) is 20.8 Å². The van der Waals surface area contributed by atoms with Crippen molar-refractivity contribution in [3.05, 3.63) is 11.7 Å². The van der Waals surface area contributed by atoms with E-state index >= 15 is 0 Å². The van der Waals surface area contributed by atoms with Crippen molar-refractivity contribution < 1.29 is 29.1 Å². The lowest BCUT2D eigenvalue weighted by Gasteiger charge is -2.20. The molecule has 4 amide bonds. The second kappa shape index (κ2) is 8.91. The summed E-state index contributed by atoms with van der Waals surface area (Å²) < 4.78 is 4.91. The Labute approximate surface area is 141 Å². The summed E-state index contributed by atoms with van der Waals surface area (Å²) in [7, 11) is 0. The van der Waals surface area contributed by atoms with Crippen LogP contribution in [0.15, 0.2) is 4.52 Å². The van der Waals surface area contributed by atoms with Crippen LogP contribution in [0.1, 0.15) is 37.1 Å². The minimum atomic E-state index is -1.35. The Morgan fingerprint density at radius 3 is 2.40 bits per heavy atom. The fourth-order valence-corrected chi connectivity index (χ4v) is 1.79. The molecule has 13 nitrogen and oxygen atoms in total. The fourth-order valence-electron chi connectivity index (χ4n) is 1.79. The summed E-state index contributed by atoms with van der Waals surface area (Å²) in [5.41, 5.74) is 15.7. The number of carbonyl (C=O) groups is 3. The number of nitrogens with one attached hydrogen (secondary N) is 2. The molecule has 0 saturated heterocycles. The largest absolute Gasteiger partial charge is 0.394 e. The van der Waals surface area contributed by atoms with Crippen LogP contribution in [-0.4, -0.2) is 57.0 Å². The van der Waals surface area contributed by atoms with E-state index in [2.05, 4.69) is 20.8 Å². The first-order valence-corrected chi connectivity index (χ1v) is 7.18. The zero-order valence-electron chi connectivity index (χ0n) is 13.4. The molecule has 1 aromatic heterocycles. The Bertz CT molecular complexity index is 619. The van der Waals surface area contributed by atoms with E-state index in [-0.39, 0.29) is 18.1 Å². The van der Waals surface area contributed by atoms with Gasteiger partial charge < -0.3 is 42.6 Å². The maximum absolute atomic E-state index is 12.0.